The lowest BCUT2D eigenvalue weighted by atomic mass is 10.0. The number of hydrogen-bond acceptors (Lipinski definition) is 4. The van der Waals surface area contributed by atoms with Crippen molar-refractivity contribution >= 4 is 11.2 Å². The topological polar surface area (TPSA) is 47.6 Å². The summed E-state index contributed by atoms with van der Waals surface area (Å²) in [7, 11) is 2.16. The molecule has 4 rings (SSSR count). The Morgan fingerprint density at radius 3 is 2.54 bits per heavy atom. The number of rotatable bonds is 2. The molecule has 0 aliphatic carbocycles. The number of nitriles is 1. The van der Waals surface area contributed by atoms with Gasteiger partial charge in [0.1, 0.15) is 6.07 Å². The standard InChI is InChI=1S/C19H19N5/c1-22-9-11-23(12-10-22)18-7-3-2-5-16(18)17-6-4-8-24-19(17)15(13-20)14-21-24/h2-8,14H,9-12H2,1H3. The zero-order valence-corrected chi connectivity index (χ0v) is 13.7. The lowest BCUT2D eigenvalue weighted by Gasteiger charge is -2.35. The molecule has 1 fully saturated rings. The highest BCUT2D eigenvalue weighted by atomic mass is 15.2. The quantitative estimate of drug-likeness (QED) is 0.729. The molecular weight excluding hydrogens is 298 g/mol. The van der Waals surface area contributed by atoms with E-state index in [1.807, 2.05) is 12.3 Å². The normalized spacial score (nSPS) is 15.6. The minimum atomic E-state index is 0.610. The number of benzene rings is 1. The predicted octanol–water partition coefficient (Wildman–Crippen LogP) is 2.62. The van der Waals surface area contributed by atoms with Gasteiger partial charge in [0.15, 0.2) is 0 Å². The van der Waals surface area contributed by atoms with Gasteiger partial charge in [0.05, 0.1) is 17.3 Å². The van der Waals surface area contributed by atoms with Crippen LogP contribution in [0.5, 0.6) is 0 Å². The lowest BCUT2D eigenvalue weighted by Crippen LogP contribution is -2.44. The molecule has 5 heteroatoms. The number of para-hydroxylation sites is 1. The first kappa shape index (κ1) is 14.7. The Bertz CT molecular complexity index is 913. The molecule has 3 aromatic rings. The third kappa shape index (κ3) is 2.41. The van der Waals surface area contributed by atoms with E-state index in [1.54, 1.807) is 10.7 Å². The maximum atomic E-state index is 9.42. The lowest BCUT2D eigenvalue weighted by molar-refractivity contribution is 0.313. The van der Waals surface area contributed by atoms with Crippen LogP contribution >= 0.6 is 0 Å². The number of likely N-dealkylation sites (N-methyl/N-ethyl adjacent to an activating group) is 1. The molecule has 5 nitrogen and oxygen atoms in total. The van der Waals surface area contributed by atoms with Crippen LogP contribution in [-0.2, 0) is 0 Å². The second kappa shape index (κ2) is 5.99. The molecule has 1 saturated heterocycles. The summed E-state index contributed by atoms with van der Waals surface area (Å²) in [5.41, 5.74) is 4.93. The van der Waals surface area contributed by atoms with Gasteiger partial charge in [-0.05, 0) is 19.2 Å². The van der Waals surface area contributed by atoms with E-state index in [9.17, 15) is 5.26 Å². The van der Waals surface area contributed by atoms with E-state index in [1.165, 1.54) is 5.69 Å². The molecule has 0 N–H and O–H groups in total. The second-order valence-corrected chi connectivity index (χ2v) is 6.19. The van der Waals surface area contributed by atoms with Crippen molar-refractivity contribution in [2.24, 2.45) is 0 Å². The van der Waals surface area contributed by atoms with Crippen LogP contribution in [0.2, 0.25) is 0 Å². The number of hydrogen-bond donors (Lipinski definition) is 0. The Morgan fingerprint density at radius 1 is 1.00 bits per heavy atom. The molecule has 0 spiro atoms. The summed E-state index contributed by atoms with van der Waals surface area (Å²) in [5, 5.41) is 13.7. The van der Waals surface area contributed by atoms with Crippen LogP contribution in [0.25, 0.3) is 16.6 Å². The largest absolute Gasteiger partial charge is 0.368 e. The van der Waals surface area contributed by atoms with Gasteiger partial charge in [-0.3, -0.25) is 0 Å². The number of nitrogens with zero attached hydrogens (tertiary/aromatic N) is 5. The number of aromatic nitrogens is 2. The molecule has 1 aliphatic rings. The van der Waals surface area contributed by atoms with Gasteiger partial charge in [0, 0.05) is 49.2 Å². The van der Waals surface area contributed by atoms with Crippen molar-refractivity contribution in [1.82, 2.24) is 14.5 Å². The fourth-order valence-corrected chi connectivity index (χ4v) is 3.37. The first-order valence-corrected chi connectivity index (χ1v) is 8.17. The summed E-state index contributed by atoms with van der Waals surface area (Å²) in [6, 6.07) is 14.8. The van der Waals surface area contributed by atoms with E-state index < -0.39 is 0 Å². The fourth-order valence-electron chi connectivity index (χ4n) is 3.37. The molecule has 2 aromatic heterocycles. The summed E-state index contributed by atoms with van der Waals surface area (Å²) in [5.74, 6) is 0. The molecule has 0 unspecified atom stereocenters. The van der Waals surface area contributed by atoms with Crippen molar-refractivity contribution in [2.45, 2.75) is 0 Å². The predicted molar refractivity (Wildman–Crippen MR) is 95.1 cm³/mol. The number of fused-ring (bicyclic) bond motifs is 1. The van der Waals surface area contributed by atoms with Gasteiger partial charge >= 0.3 is 0 Å². The van der Waals surface area contributed by atoms with Crippen molar-refractivity contribution in [1.29, 1.82) is 5.26 Å². The van der Waals surface area contributed by atoms with Crippen molar-refractivity contribution in [3.8, 4) is 17.2 Å². The van der Waals surface area contributed by atoms with Gasteiger partial charge in [0.2, 0.25) is 0 Å². The van der Waals surface area contributed by atoms with Crippen LogP contribution in [-0.4, -0.2) is 47.7 Å². The highest BCUT2D eigenvalue weighted by Gasteiger charge is 2.19. The average Bonchev–Trinajstić information content (AvgIpc) is 3.06. The molecule has 0 saturated carbocycles. The third-order valence-electron chi connectivity index (χ3n) is 4.70. The Kier molecular flexibility index (Phi) is 3.68. The number of pyridine rings is 1. The minimum Gasteiger partial charge on any atom is -0.368 e. The van der Waals surface area contributed by atoms with E-state index in [4.69, 9.17) is 0 Å². The number of anilines is 1. The third-order valence-corrected chi connectivity index (χ3v) is 4.70. The minimum absolute atomic E-state index is 0.610. The first-order valence-electron chi connectivity index (χ1n) is 8.17. The van der Waals surface area contributed by atoms with Crippen LogP contribution < -0.4 is 4.90 Å². The summed E-state index contributed by atoms with van der Waals surface area (Å²) in [4.78, 5) is 4.78. The van der Waals surface area contributed by atoms with Crippen LogP contribution in [0, 0.1) is 11.3 Å². The van der Waals surface area contributed by atoms with Crippen LogP contribution in [0.4, 0.5) is 5.69 Å². The van der Waals surface area contributed by atoms with Crippen molar-refractivity contribution in [2.75, 3.05) is 38.1 Å². The summed E-state index contributed by atoms with van der Waals surface area (Å²) >= 11 is 0. The van der Waals surface area contributed by atoms with E-state index in [-0.39, 0.29) is 0 Å². The van der Waals surface area contributed by atoms with E-state index >= 15 is 0 Å². The zero-order valence-electron chi connectivity index (χ0n) is 13.7. The average molecular weight is 317 g/mol. The fraction of sp³-hybridized carbons (Fsp3) is 0.263. The zero-order chi connectivity index (χ0) is 16.5. The molecule has 0 bridgehead atoms. The van der Waals surface area contributed by atoms with Crippen LogP contribution in [0.15, 0.2) is 48.8 Å². The van der Waals surface area contributed by atoms with Gasteiger partial charge in [-0.15, -0.1) is 0 Å². The van der Waals surface area contributed by atoms with Crippen molar-refractivity contribution in [3.63, 3.8) is 0 Å². The Morgan fingerprint density at radius 2 is 1.75 bits per heavy atom. The van der Waals surface area contributed by atoms with E-state index in [2.05, 4.69) is 58.3 Å². The molecule has 0 amide bonds. The van der Waals surface area contributed by atoms with Gasteiger partial charge in [-0.25, -0.2) is 4.52 Å². The maximum Gasteiger partial charge on any atom is 0.103 e. The molecule has 0 atom stereocenters. The Balaban J connectivity index is 1.87. The van der Waals surface area contributed by atoms with Gasteiger partial charge in [-0.2, -0.15) is 10.4 Å². The Hall–Kier alpha value is -2.84. The maximum absolute atomic E-state index is 9.42. The summed E-state index contributed by atoms with van der Waals surface area (Å²) in [6.07, 6.45) is 3.52. The highest BCUT2D eigenvalue weighted by Crippen LogP contribution is 2.34. The molecule has 120 valence electrons. The highest BCUT2D eigenvalue weighted by molar-refractivity contribution is 5.90. The second-order valence-electron chi connectivity index (χ2n) is 6.19. The Labute approximate surface area is 141 Å². The molecule has 3 heterocycles. The van der Waals surface area contributed by atoms with Crippen molar-refractivity contribution in [3.05, 3.63) is 54.4 Å². The van der Waals surface area contributed by atoms with E-state index in [0.717, 1.165) is 42.8 Å². The summed E-state index contributed by atoms with van der Waals surface area (Å²) in [6.45, 7) is 4.16. The van der Waals surface area contributed by atoms with Gasteiger partial charge in [0.25, 0.3) is 0 Å². The molecular formula is C19H19N5. The number of piperazine rings is 1. The molecule has 24 heavy (non-hydrogen) atoms. The smallest absolute Gasteiger partial charge is 0.103 e. The first-order chi connectivity index (χ1) is 11.8. The molecule has 0 radical (unpaired) electrons. The molecule has 1 aliphatic heterocycles. The van der Waals surface area contributed by atoms with Crippen molar-refractivity contribution < 1.29 is 0 Å². The van der Waals surface area contributed by atoms with Crippen LogP contribution in [0.3, 0.4) is 0 Å². The van der Waals surface area contributed by atoms with Crippen LogP contribution in [0.1, 0.15) is 5.56 Å². The summed E-state index contributed by atoms with van der Waals surface area (Å²) < 4.78 is 1.79. The van der Waals surface area contributed by atoms with Gasteiger partial charge < -0.3 is 9.80 Å². The molecule has 1 aromatic carbocycles. The SMILES string of the molecule is CN1CCN(c2ccccc2-c2cccn3ncc(C#N)c23)CC1. The van der Waals surface area contributed by atoms with Gasteiger partial charge in [-0.1, -0.05) is 24.3 Å². The van der Waals surface area contributed by atoms with E-state index in [0.29, 0.717) is 5.56 Å². The monoisotopic (exact) mass is 317 g/mol.